The van der Waals surface area contributed by atoms with Gasteiger partial charge in [-0.25, -0.2) is 4.79 Å². The molecule has 1 rings (SSSR count). The third-order valence-corrected chi connectivity index (χ3v) is 4.92. The Morgan fingerprint density at radius 1 is 1.12 bits per heavy atom. The van der Waals surface area contributed by atoms with E-state index in [1.807, 2.05) is 0 Å². The lowest BCUT2D eigenvalue weighted by Crippen LogP contribution is -2.59. The van der Waals surface area contributed by atoms with Gasteiger partial charge in [0.05, 0.1) is 18.6 Å². The zero-order valence-electron chi connectivity index (χ0n) is 17.5. The molecule has 0 aromatic rings. The molecule has 1 heterocycles. The zero-order valence-corrected chi connectivity index (χ0v) is 17.5. The van der Waals surface area contributed by atoms with Gasteiger partial charge >= 0.3 is 11.9 Å². The second-order valence-corrected chi connectivity index (χ2v) is 7.53. The van der Waals surface area contributed by atoms with Crippen LogP contribution in [0.25, 0.3) is 0 Å². The average Bonchev–Trinajstić information content (AvgIpc) is 3.18. The van der Waals surface area contributed by atoms with E-state index in [4.69, 9.17) is 21.7 Å². The van der Waals surface area contributed by atoms with Crippen LogP contribution in [-0.4, -0.2) is 92.6 Å². The van der Waals surface area contributed by atoms with Crippen molar-refractivity contribution in [1.29, 1.82) is 0 Å². The van der Waals surface area contributed by atoms with Crippen molar-refractivity contribution in [2.24, 2.45) is 11.5 Å². The Bertz CT molecular complexity index is 757. The van der Waals surface area contributed by atoms with Gasteiger partial charge in [-0.1, -0.05) is 0 Å². The molecule has 14 nitrogen and oxygen atoms in total. The first-order valence-electron chi connectivity index (χ1n) is 9.92. The number of primary amides is 1. The second kappa shape index (κ2) is 12.0. The van der Waals surface area contributed by atoms with E-state index >= 15 is 0 Å². The number of carboxylic acid groups (broad SMARTS) is 2. The number of nitrogens with zero attached hydrogens (tertiary/aromatic N) is 1. The predicted octanol–water partition coefficient (Wildman–Crippen LogP) is -3.52. The summed E-state index contributed by atoms with van der Waals surface area (Å²) in [6, 6.07) is -5.42. The van der Waals surface area contributed by atoms with Crippen molar-refractivity contribution >= 4 is 35.6 Å². The lowest BCUT2D eigenvalue weighted by Gasteiger charge is -2.31. The highest BCUT2D eigenvalue weighted by molar-refractivity contribution is 5.95. The fourth-order valence-corrected chi connectivity index (χ4v) is 3.20. The number of aliphatic hydroxyl groups excluding tert-OH is 1. The molecule has 14 heteroatoms. The molecule has 9 N–H and O–H groups in total. The number of hydrogen-bond acceptors (Lipinski definition) is 8. The standard InChI is InChI=1S/C18H29N5O9/c1-8(24)14(22-15(28)9(19)4-5-12(20)25)17(30)23-6-2-3-11(23)16(29)21-10(18(31)32)7-13(26)27/h8-11,14,24H,2-7,19H2,1H3,(H2,20,25)(H,21,29)(H,22,28)(H,26,27)(H,31,32). The first-order chi connectivity index (χ1) is 14.8. The van der Waals surface area contributed by atoms with Gasteiger partial charge in [0.2, 0.25) is 23.6 Å². The normalized spacial score (nSPS) is 19.3. The Labute approximate surface area is 183 Å². The molecule has 1 aliphatic rings. The number of aliphatic hydroxyl groups is 1. The number of nitrogens with two attached hydrogens (primary N) is 2. The molecule has 0 aromatic heterocycles. The maximum absolute atomic E-state index is 13.0. The lowest BCUT2D eigenvalue weighted by atomic mass is 10.1. The summed E-state index contributed by atoms with van der Waals surface area (Å²) in [6.07, 6.45) is -1.88. The average molecular weight is 459 g/mol. The van der Waals surface area contributed by atoms with Crippen molar-refractivity contribution in [3.8, 4) is 0 Å². The molecule has 1 fully saturated rings. The summed E-state index contributed by atoms with van der Waals surface area (Å²) in [5.74, 6) is -6.10. The largest absolute Gasteiger partial charge is 0.481 e. The van der Waals surface area contributed by atoms with Crippen molar-refractivity contribution < 1.29 is 44.1 Å². The van der Waals surface area contributed by atoms with E-state index in [9.17, 15) is 33.9 Å². The molecule has 5 atom stereocenters. The number of carbonyl (C=O) groups is 6. The summed E-state index contributed by atoms with van der Waals surface area (Å²) >= 11 is 0. The Kier molecular flexibility index (Phi) is 10.00. The van der Waals surface area contributed by atoms with Gasteiger partial charge in [-0.2, -0.15) is 0 Å². The minimum Gasteiger partial charge on any atom is -0.481 e. The van der Waals surface area contributed by atoms with Crippen LogP contribution in [0.3, 0.4) is 0 Å². The summed E-state index contributed by atoms with van der Waals surface area (Å²) in [4.78, 5) is 71.7. The predicted molar refractivity (Wildman–Crippen MR) is 107 cm³/mol. The molecular weight excluding hydrogens is 430 g/mol. The van der Waals surface area contributed by atoms with Gasteiger partial charge < -0.3 is 42.3 Å². The number of likely N-dealkylation sites (tertiary alicyclic amines) is 1. The fourth-order valence-electron chi connectivity index (χ4n) is 3.20. The van der Waals surface area contributed by atoms with Crippen LogP contribution in [0.1, 0.15) is 39.0 Å². The molecule has 0 aromatic carbocycles. The number of amides is 4. The second-order valence-electron chi connectivity index (χ2n) is 7.53. The van der Waals surface area contributed by atoms with E-state index in [1.54, 1.807) is 0 Å². The zero-order chi connectivity index (χ0) is 24.6. The smallest absolute Gasteiger partial charge is 0.326 e. The Morgan fingerprint density at radius 2 is 1.75 bits per heavy atom. The van der Waals surface area contributed by atoms with Crippen molar-refractivity contribution in [3.63, 3.8) is 0 Å². The fraction of sp³-hybridized carbons (Fsp3) is 0.667. The third kappa shape index (κ3) is 7.77. The Balaban J connectivity index is 2.90. The van der Waals surface area contributed by atoms with Crippen LogP contribution in [0.4, 0.5) is 0 Å². The van der Waals surface area contributed by atoms with Gasteiger partial charge in [-0.3, -0.25) is 24.0 Å². The van der Waals surface area contributed by atoms with Crippen LogP contribution >= 0.6 is 0 Å². The molecule has 4 amide bonds. The summed E-state index contributed by atoms with van der Waals surface area (Å²) in [5.41, 5.74) is 10.7. The van der Waals surface area contributed by atoms with E-state index in [0.717, 1.165) is 4.90 Å². The first-order valence-corrected chi connectivity index (χ1v) is 9.92. The van der Waals surface area contributed by atoms with Gasteiger partial charge in [0.1, 0.15) is 18.1 Å². The maximum Gasteiger partial charge on any atom is 0.326 e. The van der Waals surface area contributed by atoms with E-state index in [-0.39, 0.29) is 25.8 Å². The van der Waals surface area contributed by atoms with E-state index < -0.39 is 72.3 Å². The van der Waals surface area contributed by atoms with Crippen molar-refractivity contribution in [1.82, 2.24) is 15.5 Å². The van der Waals surface area contributed by atoms with E-state index in [2.05, 4.69) is 10.6 Å². The molecule has 0 spiro atoms. The molecule has 0 aliphatic carbocycles. The highest BCUT2D eigenvalue weighted by atomic mass is 16.4. The number of hydrogen-bond donors (Lipinski definition) is 7. The lowest BCUT2D eigenvalue weighted by molar-refractivity contribution is -0.149. The molecule has 5 unspecified atom stereocenters. The molecule has 180 valence electrons. The number of rotatable bonds is 12. The van der Waals surface area contributed by atoms with Crippen LogP contribution in [0, 0.1) is 0 Å². The van der Waals surface area contributed by atoms with Gasteiger partial charge in [0.15, 0.2) is 0 Å². The van der Waals surface area contributed by atoms with Gasteiger partial charge in [-0.15, -0.1) is 0 Å². The quantitative estimate of drug-likeness (QED) is 0.152. The van der Waals surface area contributed by atoms with Gasteiger partial charge in [0.25, 0.3) is 0 Å². The van der Waals surface area contributed by atoms with Crippen molar-refractivity contribution in [2.45, 2.75) is 69.3 Å². The number of nitrogens with one attached hydrogen (secondary N) is 2. The van der Waals surface area contributed by atoms with Crippen LogP contribution in [0.15, 0.2) is 0 Å². The molecule has 32 heavy (non-hydrogen) atoms. The maximum atomic E-state index is 13.0. The SMILES string of the molecule is CC(O)C(NC(=O)C(N)CCC(N)=O)C(=O)N1CCCC1C(=O)NC(CC(=O)O)C(=O)O. The number of carboxylic acids is 2. The molecule has 0 radical (unpaired) electrons. The molecule has 1 saturated heterocycles. The van der Waals surface area contributed by atoms with E-state index in [0.29, 0.717) is 6.42 Å². The summed E-state index contributed by atoms with van der Waals surface area (Å²) in [6.45, 7) is 1.34. The molecule has 1 aliphatic heterocycles. The topological polar surface area (TPSA) is 242 Å². The molecular formula is C18H29N5O9. The number of aliphatic carboxylic acids is 2. The highest BCUT2D eigenvalue weighted by Gasteiger charge is 2.40. The number of carbonyl (C=O) groups excluding carboxylic acids is 4. The van der Waals surface area contributed by atoms with Crippen molar-refractivity contribution in [3.05, 3.63) is 0 Å². The monoisotopic (exact) mass is 459 g/mol. The van der Waals surface area contributed by atoms with Crippen LogP contribution in [-0.2, 0) is 28.8 Å². The third-order valence-electron chi connectivity index (χ3n) is 4.92. The Hall–Kier alpha value is -3.26. The minimum absolute atomic E-state index is 0.0726. The van der Waals surface area contributed by atoms with E-state index in [1.165, 1.54) is 6.92 Å². The van der Waals surface area contributed by atoms with Gasteiger partial charge in [0, 0.05) is 13.0 Å². The van der Waals surface area contributed by atoms with Crippen LogP contribution in [0.5, 0.6) is 0 Å². The molecule has 0 saturated carbocycles. The van der Waals surface area contributed by atoms with Gasteiger partial charge in [-0.05, 0) is 26.2 Å². The highest BCUT2D eigenvalue weighted by Crippen LogP contribution is 2.20. The van der Waals surface area contributed by atoms with Crippen molar-refractivity contribution in [2.75, 3.05) is 6.54 Å². The summed E-state index contributed by atoms with van der Waals surface area (Å²) in [5, 5.41) is 32.3. The first kappa shape index (κ1) is 26.8. The Morgan fingerprint density at radius 3 is 2.25 bits per heavy atom. The van der Waals surface area contributed by atoms with Crippen LogP contribution < -0.4 is 22.1 Å². The summed E-state index contributed by atoms with van der Waals surface area (Å²) < 4.78 is 0. The van der Waals surface area contributed by atoms with Crippen LogP contribution in [0.2, 0.25) is 0 Å². The minimum atomic E-state index is -1.69. The summed E-state index contributed by atoms with van der Waals surface area (Å²) in [7, 11) is 0. The molecule has 0 bridgehead atoms.